The molecule has 6 nitrogen and oxygen atoms in total. The summed E-state index contributed by atoms with van der Waals surface area (Å²) in [7, 11) is 3.73. The van der Waals surface area contributed by atoms with Crippen LogP contribution in [0.5, 0.6) is 0 Å². The molecule has 0 saturated carbocycles. The third-order valence-electron chi connectivity index (χ3n) is 3.82. The van der Waals surface area contributed by atoms with Gasteiger partial charge in [-0.15, -0.1) is 11.3 Å². The van der Waals surface area contributed by atoms with E-state index in [0.29, 0.717) is 18.2 Å². The van der Waals surface area contributed by atoms with Crippen molar-refractivity contribution in [3.8, 4) is 11.4 Å². The molecule has 1 N–H and O–H groups in total. The molecule has 3 aromatic heterocycles. The van der Waals surface area contributed by atoms with Crippen molar-refractivity contribution in [2.45, 2.75) is 26.3 Å². The Balaban J connectivity index is 1.71. The summed E-state index contributed by atoms with van der Waals surface area (Å²) >= 11 is 1.64. The average molecular weight is 343 g/mol. The number of aromatic amines is 1. The molecule has 0 unspecified atom stereocenters. The molecule has 7 heteroatoms. The van der Waals surface area contributed by atoms with Gasteiger partial charge < -0.3 is 9.47 Å². The Morgan fingerprint density at radius 3 is 2.88 bits per heavy atom. The van der Waals surface area contributed by atoms with Gasteiger partial charge in [0.15, 0.2) is 0 Å². The molecule has 0 aromatic carbocycles. The van der Waals surface area contributed by atoms with Crippen LogP contribution in [0.15, 0.2) is 29.8 Å². The predicted octanol–water partition coefficient (Wildman–Crippen LogP) is 3.27. The summed E-state index contributed by atoms with van der Waals surface area (Å²) in [6, 6.07) is 5.71. The zero-order chi connectivity index (χ0) is 17.3. The van der Waals surface area contributed by atoms with Crippen LogP contribution >= 0.6 is 11.3 Å². The van der Waals surface area contributed by atoms with Crippen LogP contribution in [-0.2, 0) is 13.6 Å². The minimum atomic E-state index is -0.0953. The normalized spacial score (nSPS) is 11.2. The van der Waals surface area contributed by atoms with Crippen molar-refractivity contribution in [1.29, 1.82) is 0 Å². The molecule has 0 aliphatic heterocycles. The molecule has 0 fully saturated rings. The van der Waals surface area contributed by atoms with Crippen LogP contribution in [0.3, 0.4) is 0 Å². The van der Waals surface area contributed by atoms with Crippen LogP contribution in [0.2, 0.25) is 0 Å². The maximum atomic E-state index is 12.6. The minimum absolute atomic E-state index is 0.0953. The maximum Gasteiger partial charge on any atom is 0.271 e. The van der Waals surface area contributed by atoms with Gasteiger partial charge in [0.05, 0.1) is 22.9 Å². The predicted molar refractivity (Wildman–Crippen MR) is 95.0 cm³/mol. The monoisotopic (exact) mass is 343 g/mol. The number of hydrogen-bond donors (Lipinski definition) is 1. The van der Waals surface area contributed by atoms with Gasteiger partial charge >= 0.3 is 0 Å². The number of rotatable bonds is 5. The molecular weight excluding hydrogens is 322 g/mol. The van der Waals surface area contributed by atoms with Crippen LogP contribution in [0, 0.1) is 0 Å². The number of aryl methyl sites for hydroxylation is 1. The highest BCUT2D eigenvalue weighted by molar-refractivity contribution is 7.09. The van der Waals surface area contributed by atoms with E-state index >= 15 is 0 Å². The van der Waals surface area contributed by atoms with Gasteiger partial charge in [0.25, 0.3) is 5.91 Å². The average Bonchev–Trinajstić information content (AvgIpc) is 3.25. The fourth-order valence-electron chi connectivity index (χ4n) is 2.47. The van der Waals surface area contributed by atoms with Crippen molar-refractivity contribution in [3.05, 3.63) is 46.2 Å². The summed E-state index contributed by atoms with van der Waals surface area (Å²) in [5.41, 5.74) is 3.12. The van der Waals surface area contributed by atoms with E-state index in [1.54, 1.807) is 29.4 Å². The Morgan fingerprint density at radius 1 is 1.46 bits per heavy atom. The summed E-state index contributed by atoms with van der Waals surface area (Å²) in [4.78, 5) is 18.8. The van der Waals surface area contributed by atoms with Crippen LogP contribution < -0.4 is 0 Å². The second-order valence-electron chi connectivity index (χ2n) is 6.16. The van der Waals surface area contributed by atoms with E-state index < -0.39 is 0 Å². The van der Waals surface area contributed by atoms with E-state index in [9.17, 15) is 4.79 Å². The second-order valence-corrected chi connectivity index (χ2v) is 7.05. The largest absolute Gasteiger partial charge is 0.349 e. The molecular formula is C17H21N5OS. The molecule has 3 rings (SSSR count). The zero-order valence-electron chi connectivity index (χ0n) is 14.3. The van der Waals surface area contributed by atoms with Gasteiger partial charge in [-0.3, -0.25) is 9.89 Å². The number of thiazole rings is 1. The molecule has 0 aliphatic carbocycles. The van der Waals surface area contributed by atoms with Crippen LogP contribution in [0.25, 0.3) is 11.4 Å². The van der Waals surface area contributed by atoms with Crippen molar-refractivity contribution in [2.75, 3.05) is 7.05 Å². The number of carbonyl (C=O) groups is 1. The lowest BCUT2D eigenvalue weighted by molar-refractivity contribution is 0.0777. The number of H-pyrrole nitrogens is 1. The molecule has 0 radical (unpaired) electrons. The summed E-state index contributed by atoms with van der Waals surface area (Å²) in [5, 5.41) is 10.2. The topological polar surface area (TPSA) is 66.8 Å². The third kappa shape index (κ3) is 3.26. The molecule has 1 amide bonds. The first-order valence-electron chi connectivity index (χ1n) is 7.82. The van der Waals surface area contributed by atoms with Crippen LogP contribution in [0.1, 0.15) is 41.0 Å². The van der Waals surface area contributed by atoms with Gasteiger partial charge in [-0.25, -0.2) is 4.98 Å². The van der Waals surface area contributed by atoms with Gasteiger partial charge in [-0.2, -0.15) is 5.10 Å². The molecule has 0 aliphatic rings. The lowest BCUT2D eigenvalue weighted by Crippen LogP contribution is -2.26. The molecule has 0 saturated heterocycles. The lowest BCUT2D eigenvalue weighted by Gasteiger charge is -2.14. The highest BCUT2D eigenvalue weighted by Crippen LogP contribution is 2.21. The first-order valence-corrected chi connectivity index (χ1v) is 8.70. The third-order valence-corrected chi connectivity index (χ3v) is 5.02. The summed E-state index contributed by atoms with van der Waals surface area (Å²) in [5.74, 6) is 0.312. The fraction of sp³-hybridized carbons (Fsp3) is 0.353. The summed E-state index contributed by atoms with van der Waals surface area (Å²) in [6.45, 7) is 4.72. The number of aromatic nitrogens is 4. The highest BCUT2D eigenvalue weighted by Gasteiger charge is 2.17. The minimum Gasteiger partial charge on any atom is -0.349 e. The standard InChI is InChI=1S/C17H21N5OS/c1-11(2)16-18-12(10-24-16)9-22(4)17(23)14-8-13(19-20-14)15-6-5-7-21(15)3/h5-8,10-11H,9H2,1-4H3,(H,19,20). The quantitative estimate of drug-likeness (QED) is 0.773. The van der Waals surface area contributed by atoms with Crippen LogP contribution in [-0.4, -0.2) is 37.6 Å². The zero-order valence-corrected chi connectivity index (χ0v) is 15.1. The molecule has 0 spiro atoms. The smallest absolute Gasteiger partial charge is 0.271 e. The van der Waals surface area contributed by atoms with Gasteiger partial charge in [0.1, 0.15) is 11.4 Å². The van der Waals surface area contributed by atoms with Crippen molar-refractivity contribution >= 4 is 17.2 Å². The van der Waals surface area contributed by atoms with Crippen LogP contribution in [0.4, 0.5) is 0 Å². The summed E-state index contributed by atoms with van der Waals surface area (Å²) < 4.78 is 1.97. The first kappa shape index (κ1) is 16.4. The highest BCUT2D eigenvalue weighted by atomic mass is 32.1. The van der Waals surface area contributed by atoms with E-state index in [1.807, 2.05) is 35.3 Å². The number of carbonyl (C=O) groups excluding carboxylic acids is 1. The van der Waals surface area contributed by atoms with Crippen molar-refractivity contribution < 1.29 is 4.79 Å². The SMILES string of the molecule is CC(C)c1nc(CN(C)C(=O)c2cc(-c3cccn3C)n[nH]2)cs1. The second kappa shape index (κ2) is 6.60. The summed E-state index contributed by atoms with van der Waals surface area (Å²) in [6.07, 6.45) is 1.95. The molecule has 0 atom stereocenters. The molecule has 126 valence electrons. The number of hydrogen-bond acceptors (Lipinski definition) is 4. The Kier molecular flexibility index (Phi) is 4.53. The Bertz CT molecular complexity index is 845. The van der Waals surface area contributed by atoms with E-state index in [4.69, 9.17) is 0 Å². The molecule has 24 heavy (non-hydrogen) atoms. The van der Waals surface area contributed by atoms with Gasteiger partial charge in [0, 0.05) is 31.6 Å². The Labute approximate surface area is 145 Å². The van der Waals surface area contributed by atoms with Gasteiger partial charge in [0.2, 0.25) is 0 Å². The van der Waals surface area contributed by atoms with Gasteiger partial charge in [-0.05, 0) is 18.2 Å². The Morgan fingerprint density at radius 2 is 2.25 bits per heavy atom. The molecule has 0 bridgehead atoms. The van der Waals surface area contributed by atoms with Crippen molar-refractivity contribution in [1.82, 2.24) is 24.6 Å². The van der Waals surface area contributed by atoms with Crippen molar-refractivity contribution in [3.63, 3.8) is 0 Å². The van der Waals surface area contributed by atoms with E-state index in [1.165, 1.54) is 0 Å². The molecule has 3 heterocycles. The van der Waals surface area contributed by atoms with Crippen molar-refractivity contribution in [2.24, 2.45) is 7.05 Å². The van der Waals surface area contributed by atoms with E-state index in [-0.39, 0.29) is 5.91 Å². The number of nitrogens with zero attached hydrogens (tertiary/aromatic N) is 4. The first-order chi connectivity index (χ1) is 11.5. The van der Waals surface area contributed by atoms with E-state index in [0.717, 1.165) is 22.1 Å². The number of nitrogens with one attached hydrogen (secondary N) is 1. The molecule has 3 aromatic rings. The fourth-order valence-corrected chi connectivity index (χ4v) is 3.30. The van der Waals surface area contributed by atoms with Gasteiger partial charge in [-0.1, -0.05) is 13.8 Å². The lowest BCUT2D eigenvalue weighted by atomic mass is 10.2. The number of amides is 1. The maximum absolute atomic E-state index is 12.6. The van der Waals surface area contributed by atoms with E-state index in [2.05, 4.69) is 29.0 Å². The Hall–Kier alpha value is -2.41.